The van der Waals surface area contributed by atoms with Crippen LogP contribution in [0.2, 0.25) is 5.02 Å². The number of rotatable bonds is 5. The van der Waals surface area contributed by atoms with Crippen molar-refractivity contribution in [2.75, 3.05) is 13.1 Å². The number of benzene rings is 1. The first-order valence-electron chi connectivity index (χ1n) is 11.4. The molecule has 1 amide bonds. The predicted molar refractivity (Wildman–Crippen MR) is 117 cm³/mol. The van der Waals surface area contributed by atoms with Gasteiger partial charge in [0.15, 0.2) is 0 Å². The summed E-state index contributed by atoms with van der Waals surface area (Å²) in [4.78, 5) is 13.1. The fourth-order valence-corrected chi connectivity index (χ4v) is 8.98. The average Bonchev–Trinajstić information content (AvgIpc) is 2.67. The van der Waals surface area contributed by atoms with Gasteiger partial charge < -0.3 is 5.32 Å². The number of carbonyl (C=O) groups excluding carboxylic acids is 1. The molecule has 1 aliphatic heterocycles. The maximum atomic E-state index is 12.9. The molecule has 7 heteroatoms. The van der Waals surface area contributed by atoms with Crippen molar-refractivity contribution in [3.63, 3.8) is 0 Å². The zero-order valence-corrected chi connectivity index (χ0v) is 18.9. The Bertz CT molecular complexity index is 889. The number of hydrogen-bond donors (Lipinski definition) is 1. The molecule has 4 saturated carbocycles. The Morgan fingerprint density at radius 2 is 1.60 bits per heavy atom. The van der Waals surface area contributed by atoms with Crippen molar-refractivity contribution in [1.29, 1.82) is 0 Å². The van der Waals surface area contributed by atoms with E-state index in [-0.39, 0.29) is 27.3 Å². The lowest BCUT2D eigenvalue weighted by molar-refractivity contribution is -0.128. The van der Waals surface area contributed by atoms with E-state index in [9.17, 15) is 13.2 Å². The van der Waals surface area contributed by atoms with E-state index in [1.165, 1.54) is 42.8 Å². The van der Waals surface area contributed by atoms with E-state index >= 15 is 0 Å². The van der Waals surface area contributed by atoms with Crippen LogP contribution in [0.4, 0.5) is 0 Å². The summed E-state index contributed by atoms with van der Waals surface area (Å²) in [6.45, 7) is 0.895. The molecule has 1 saturated heterocycles. The van der Waals surface area contributed by atoms with E-state index in [0.717, 1.165) is 30.6 Å². The molecule has 0 spiro atoms. The second-order valence-corrected chi connectivity index (χ2v) is 12.5. The van der Waals surface area contributed by atoms with E-state index in [1.54, 1.807) is 24.3 Å². The van der Waals surface area contributed by atoms with Crippen molar-refractivity contribution in [1.82, 2.24) is 9.62 Å². The maximum absolute atomic E-state index is 12.9. The normalized spacial score (nSPS) is 34.2. The van der Waals surface area contributed by atoms with E-state index in [1.807, 2.05) is 0 Å². The summed E-state index contributed by atoms with van der Waals surface area (Å²) in [5.41, 5.74) is 0.0555. The number of amides is 1. The SMILES string of the molecule is O=C(CC1CCN(S(=O)(=O)c2ccccc2Cl)CC1)NC12CC3CC(CC(C3)C1)C2. The van der Waals surface area contributed by atoms with Crippen LogP contribution in [0.3, 0.4) is 0 Å². The molecule has 164 valence electrons. The summed E-state index contributed by atoms with van der Waals surface area (Å²) < 4.78 is 27.3. The lowest BCUT2D eigenvalue weighted by Gasteiger charge is -2.57. The van der Waals surface area contributed by atoms with Crippen molar-refractivity contribution in [3.05, 3.63) is 29.3 Å². The molecule has 4 aliphatic carbocycles. The molecule has 1 N–H and O–H groups in total. The molecule has 5 nitrogen and oxygen atoms in total. The number of nitrogens with zero attached hydrogens (tertiary/aromatic N) is 1. The fraction of sp³-hybridized carbons (Fsp3) is 0.696. The average molecular weight is 451 g/mol. The highest BCUT2D eigenvalue weighted by Crippen LogP contribution is 2.55. The molecule has 0 unspecified atom stereocenters. The quantitative estimate of drug-likeness (QED) is 0.730. The topological polar surface area (TPSA) is 66.5 Å². The van der Waals surface area contributed by atoms with E-state index in [0.29, 0.717) is 19.5 Å². The van der Waals surface area contributed by atoms with Gasteiger partial charge in [-0.05, 0) is 87.2 Å². The molecule has 5 fully saturated rings. The van der Waals surface area contributed by atoms with Crippen LogP contribution in [0, 0.1) is 23.7 Å². The summed E-state index contributed by atoms with van der Waals surface area (Å²) in [7, 11) is -3.58. The smallest absolute Gasteiger partial charge is 0.244 e. The molecule has 30 heavy (non-hydrogen) atoms. The molecule has 5 aliphatic rings. The standard InChI is InChI=1S/C23H31ClN2O3S/c24-20-3-1-2-4-21(20)30(28,29)26-7-5-16(6-8-26)12-22(27)25-23-13-17-9-18(14-23)11-19(10-17)15-23/h1-4,16-19H,5-15H2,(H,25,27). The third-order valence-corrected chi connectivity index (χ3v) is 10.3. The van der Waals surface area contributed by atoms with Crippen LogP contribution in [0.5, 0.6) is 0 Å². The number of piperidine rings is 1. The summed E-state index contributed by atoms with van der Waals surface area (Å²) >= 11 is 6.11. The van der Waals surface area contributed by atoms with Gasteiger partial charge in [0.2, 0.25) is 15.9 Å². The highest BCUT2D eigenvalue weighted by Gasteiger charge is 2.51. The predicted octanol–water partition coefficient (Wildman–Crippen LogP) is 4.22. The number of sulfonamides is 1. The minimum atomic E-state index is -3.58. The van der Waals surface area contributed by atoms with Crippen molar-refractivity contribution in [2.24, 2.45) is 23.7 Å². The van der Waals surface area contributed by atoms with Crippen LogP contribution in [0.15, 0.2) is 29.2 Å². The van der Waals surface area contributed by atoms with Gasteiger partial charge in [-0.15, -0.1) is 0 Å². The van der Waals surface area contributed by atoms with Crippen LogP contribution in [0.1, 0.15) is 57.8 Å². The molecule has 1 aromatic rings. The van der Waals surface area contributed by atoms with Gasteiger partial charge in [-0.1, -0.05) is 23.7 Å². The van der Waals surface area contributed by atoms with Gasteiger partial charge in [-0.25, -0.2) is 8.42 Å². The Hall–Kier alpha value is -1.11. The molecule has 1 heterocycles. The molecule has 6 rings (SSSR count). The summed E-state index contributed by atoms with van der Waals surface area (Å²) in [6.07, 6.45) is 9.56. The monoisotopic (exact) mass is 450 g/mol. The summed E-state index contributed by atoms with van der Waals surface area (Å²) in [6, 6.07) is 6.59. The minimum absolute atomic E-state index is 0.0555. The first-order chi connectivity index (χ1) is 14.3. The van der Waals surface area contributed by atoms with E-state index < -0.39 is 10.0 Å². The minimum Gasteiger partial charge on any atom is -0.351 e. The number of hydrogen-bond acceptors (Lipinski definition) is 3. The zero-order valence-electron chi connectivity index (χ0n) is 17.4. The van der Waals surface area contributed by atoms with Crippen LogP contribution in [0.25, 0.3) is 0 Å². The Balaban J connectivity index is 1.16. The molecule has 1 aromatic carbocycles. The number of halogens is 1. The second-order valence-electron chi connectivity index (χ2n) is 10.2. The summed E-state index contributed by atoms with van der Waals surface area (Å²) in [5, 5.41) is 3.72. The van der Waals surface area contributed by atoms with Gasteiger partial charge in [0.1, 0.15) is 4.90 Å². The van der Waals surface area contributed by atoms with Crippen LogP contribution >= 0.6 is 11.6 Å². The maximum Gasteiger partial charge on any atom is 0.244 e. The van der Waals surface area contributed by atoms with Gasteiger partial charge >= 0.3 is 0 Å². The van der Waals surface area contributed by atoms with Crippen molar-refractivity contribution in [2.45, 2.75) is 68.2 Å². The largest absolute Gasteiger partial charge is 0.351 e. The lowest BCUT2D eigenvalue weighted by Crippen LogP contribution is -2.60. The molecule has 0 atom stereocenters. The first kappa shape index (κ1) is 20.8. The van der Waals surface area contributed by atoms with Gasteiger partial charge in [-0.3, -0.25) is 4.79 Å². The van der Waals surface area contributed by atoms with E-state index in [2.05, 4.69) is 5.32 Å². The van der Waals surface area contributed by atoms with Crippen molar-refractivity contribution < 1.29 is 13.2 Å². The molecular formula is C23H31ClN2O3S. The zero-order chi connectivity index (χ0) is 20.9. The lowest BCUT2D eigenvalue weighted by atomic mass is 9.53. The van der Waals surface area contributed by atoms with Crippen molar-refractivity contribution in [3.8, 4) is 0 Å². The molecular weight excluding hydrogens is 420 g/mol. The highest BCUT2D eigenvalue weighted by molar-refractivity contribution is 7.89. The third-order valence-electron chi connectivity index (χ3n) is 7.94. The van der Waals surface area contributed by atoms with Gasteiger partial charge in [0.05, 0.1) is 5.02 Å². The van der Waals surface area contributed by atoms with Gasteiger partial charge in [0, 0.05) is 25.0 Å². The molecule has 0 radical (unpaired) electrons. The number of nitrogens with one attached hydrogen (secondary N) is 1. The Morgan fingerprint density at radius 3 is 2.17 bits per heavy atom. The van der Waals surface area contributed by atoms with Crippen LogP contribution in [-0.2, 0) is 14.8 Å². The van der Waals surface area contributed by atoms with Gasteiger partial charge in [0.25, 0.3) is 0 Å². The third kappa shape index (κ3) is 3.91. The van der Waals surface area contributed by atoms with E-state index in [4.69, 9.17) is 11.6 Å². The number of carbonyl (C=O) groups is 1. The molecule has 0 aromatic heterocycles. The first-order valence-corrected chi connectivity index (χ1v) is 13.2. The highest BCUT2D eigenvalue weighted by atomic mass is 35.5. The van der Waals surface area contributed by atoms with Crippen LogP contribution < -0.4 is 5.32 Å². The Labute approximate surface area is 184 Å². The molecule has 4 bridgehead atoms. The Kier molecular flexibility index (Phi) is 5.39. The summed E-state index contributed by atoms with van der Waals surface area (Å²) in [5.74, 6) is 2.86. The second kappa shape index (κ2) is 7.79. The van der Waals surface area contributed by atoms with Gasteiger partial charge in [-0.2, -0.15) is 4.31 Å². The fourth-order valence-electron chi connectivity index (χ4n) is 7.02. The van der Waals surface area contributed by atoms with Crippen LogP contribution in [-0.4, -0.2) is 37.3 Å². The Morgan fingerprint density at radius 1 is 1.03 bits per heavy atom. The van der Waals surface area contributed by atoms with Crippen molar-refractivity contribution >= 4 is 27.5 Å².